The fourth-order valence-electron chi connectivity index (χ4n) is 2.42. The van der Waals surface area contributed by atoms with Gasteiger partial charge in [-0.05, 0) is 43.0 Å². The van der Waals surface area contributed by atoms with Crippen molar-refractivity contribution in [2.45, 2.75) is 39.2 Å². The minimum Gasteiger partial charge on any atom is -0.487 e. The van der Waals surface area contributed by atoms with E-state index in [-0.39, 0.29) is 5.78 Å². The summed E-state index contributed by atoms with van der Waals surface area (Å²) in [6.07, 6.45) is 3.62. The molecular formula is C16H17NO2S. The molecule has 0 N–H and O–H groups in total. The highest BCUT2D eigenvalue weighted by molar-refractivity contribution is 7.09. The van der Waals surface area contributed by atoms with Crippen molar-refractivity contribution < 1.29 is 9.53 Å². The van der Waals surface area contributed by atoms with Crippen LogP contribution in [0.5, 0.6) is 5.75 Å². The summed E-state index contributed by atoms with van der Waals surface area (Å²) >= 11 is 1.69. The Labute approximate surface area is 122 Å². The molecule has 0 saturated carbocycles. The standard InChI is InChI=1S/C16H17NO2S/c1-2-3-16-17-12(10-20-16)9-19-13-5-6-14-11(8-13)4-7-15(14)18/h5-6,8,10H,2-4,7,9H2,1H3. The summed E-state index contributed by atoms with van der Waals surface area (Å²) < 4.78 is 5.78. The van der Waals surface area contributed by atoms with E-state index < -0.39 is 0 Å². The second-order valence-electron chi connectivity index (χ2n) is 5.01. The number of carbonyl (C=O) groups is 1. The van der Waals surface area contributed by atoms with Crippen LogP contribution in [-0.4, -0.2) is 10.8 Å². The Morgan fingerprint density at radius 3 is 3.10 bits per heavy atom. The first kappa shape index (κ1) is 13.3. The number of thiazole rings is 1. The first-order chi connectivity index (χ1) is 9.76. The second-order valence-corrected chi connectivity index (χ2v) is 5.96. The molecule has 0 aliphatic heterocycles. The van der Waals surface area contributed by atoms with Crippen molar-refractivity contribution >= 4 is 17.1 Å². The van der Waals surface area contributed by atoms with Crippen LogP contribution in [0.25, 0.3) is 0 Å². The first-order valence-electron chi connectivity index (χ1n) is 6.98. The zero-order valence-electron chi connectivity index (χ0n) is 11.5. The number of aromatic nitrogens is 1. The van der Waals surface area contributed by atoms with Crippen LogP contribution in [0.3, 0.4) is 0 Å². The summed E-state index contributed by atoms with van der Waals surface area (Å²) in [5, 5.41) is 3.23. The Morgan fingerprint density at radius 1 is 1.35 bits per heavy atom. The number of Topliss-reactive ketones (excluding diaryl/α,β-unsaturated/α-hetero) is 1. The van der Waals surface area contributed by atoms with E-state index in [0.717, 1.165) is 41.8 Å². The topological polar surface area (TPSA) is 39.2 Å². The molecule has 1 aromatic carbocycles. The van der Waals surface area contributed by atoms with Crippen molar-refractivity contribution in [2.24, 2.45) is 0 Å². The van der Waals surface area contributed by atoms with Gasteiger partial charge in [0.25, 0.3) is 0 Å². The van der Waals surface area contributed by atoms with Crippen LogP contribution in [0, 0.1) is 0 Å². The van der Waals surface area contributed by atoms with Gasteiger partial charge < -0.3 is 4.74 Å². The summed E-state index contributed by atoms with van der Waals surface area (Å²) in [5.74, 6) is 1.07. The summed E-state index contributed by atoms with van der Waals surface area (Å²) in [4.78, 5) is 16.1. The maximum absolute atomic E-state index is 11.6. The predicted octanol–water partition coefficient (Wildman–Crippen LogP) is 3.80. The van der Waals surface area contributed by atoms with E-state index in [4.69, 9.17) is 4.74 Å². The fraction of sp³-hybridized carbons (Fsp3) is 0.375. The first-order valence-corrected chi connectivity index (χ1v) is 7.86. The molecule has 0 amide bonds. The number of aryl methyl sites for hydroxylation is 2. The number of hydrogen-bond acceptors (Lipinski definition) is 4. The number of ether oxygens (including phenoxy) is 1. The molecule has 20 heavy (non-hydrogen) atoms. The monoisotopic (exact) mass is 287 g/mol. The molecule has 3 rings (SSSR count). The number of fused-ring (bicyclic) bond motifs is 1. The highest BCUT2D eigenvalue weighted by Gasteiger charge is 2.19. The average Bonchev–Trinajstić information content (AvgIpc) is 3.04. The normalized spacial score (nSPS) is 13.6. The Kier molecular flexibility index (Phi) is 3.83. The molecule has 1 aromatic heterocycles. The van der Waals surface area contributed by atoms with E-state index in [9.17, 15) is 4.79 Å². The third kappa shape index (κ3) is 2.75. The van der Waals surface area contributed by atoms with Gasteiger partial charge in [0.15, 0.2) is 5.78 Å². The molecule has 0 bridgehead atoms. The summed E-state index contributed by atoms with van der Waals surface area (Å²) in [7, 11) is 0. The molecule has 1 heterocycles. The van der Waals surface area contributed by atoms with E-state index in [1.54, 1.807) is 11.3 Å². The van der Waals surface area contributed by atoms with Crippen molar-refractivity contribution in [3.8, 4) is 5.75 Å². The van der Waals surface area contributed by atoms with Crippen LogP contribution in [0.15, 0.2) is 23.6 Å². The number of nitrogens with zero attached hydrogens (tertiary/aromatic N) is 1. The minimum atomic E-state index is 0.246. The summed E-state index contributed by atoms with van der Waals surface area (Å²) in [5.41, 5.74) is 2.95. The van der Waals surface area contributed by atoms with Crippen molar-refractivity contribution in [3.63, 3.8) is 0 Å². The molecule has 0 fully saturated rings. The second kappa shape index (κ2) is 5.75. The lowest BCUT2D eigenvalue weighted by Crippen LogP contribution is -1.97. The molecule has 0 radical (unpaired) electrons. The predicted molar refractivity (Wildman–Crippen MR) is 79.5 cm³/mol. The Balaban J connectivity index is 1.65. The Bertz CT molecular complexity index is 633. The van der Waals surface area contributed by atoms with Gasteiger partial charge in [0.2, 0.25) is 0 Å². The molecule has 104 valence electrons. The third-order valence-electron chi connectivity index (χ3n) is 3.45. The molecule has 1 aliphatic rings. The van der Waals surface area contributed by atoms with Crippen molar-refractivity contribution in [3.05, 3.63) is 45.4 Å². The maximum Gasteiger partial charge on any atom is 0.163 e. The maximum atomic E-state index is 11.6. The molecule has 0 unspecified atom stereocenters. The Morgan fingerprint density at radius 2 is 2.25 bits per heavy atom. The smallest absolute Gasteiger partial charge is 0.163 e. The zero-order chi connectivity index (χ0) is 13.9. The quantitative estimate of drug-likeness (QED) is 0.839. The van der Waals surface area contributed by atoms with Crippen molar-refractivity contribution in [1.29, 1.82) is 0 Å². The number of carbonyl (C=O) groups excluding carboxylic acids is 1. The van der Waals surface area contributed by atoms with E-state index in [1.165, 1.54) is 5.01 Å². The SMILES string of the molecule is CCCc1nc(COc2ccc3c(c2)CCC3=O)cs1. The van der Waals surface area contributed by atoms with Crippen LogP contribution in [0.1, 0.15) is 46.4 Å². The highest BCUT2D eigenvalue weighted by Crippen LogP contribution is 2.26. The number of benzene rings is 1. The van der Waals surface area contributed by atoms with Gasteiger partial charge in [-0.3, -0.25) is 4.79 Å². The highest BCUT2D eigenvalue weighted by atomic mass is 32.1. The lowest BCUT2D eigenvalue weighted by Gasteiger charge is -2.06. The van der Waals surface area contributed by atoms with E-state index in [0.29, 0.717) is 13.0 Å². The lowest BCUT2D eigenvalue weighted by atomic mass is 10.1. The van der Waals surface area contributed by atoms with Crippen LogP contribution in [-0.2, 0) is 19.4 Å². The molecule has 1 aliphatic carbocycles. The number of hydrogen-bond donors (Lipinski definition) is 0. The van der Waals surface area contributed by atoms with Gasteiger partial charge in [0.05, 0.1) is 10.7 Å². The van der Waals surface area contributed by atoms with Crippen LogP contribution in [0.4, 0.5) is 0 Å². The average molecular weight is 287 g/mol. The van der Waals surface area contributed by atoms with E-state index in [2.05, 4.69) is 17.3 Å². The zero-order valence-corrected chi connectivity index (χ0v) is 12.3. The van der Waals surface area contributed by atoms with Crippen LogP contribution < -0.4 is 4.74 Å². The largest absolute Gasteiger partial charge is 0.487 e. The van der Waals surface area contributed by atoms with Gasteiger partial charge >= 0.3 is 0 Å². The van der Waals surface area contributed by atoms with Gasteiger partial charge in [0.1, 0.15) is 12.4 Å². The summed E-state index contributed by atoms with van der Waals surface area (Å²) in [6.45, 7) is 2.65. The molecule has 2 aromatic rings. The number of rotatable bonds is 5. The van der Waals surface area contributed by atoms with Crippen molar-refractivity contribution in [1.82, 2.24) is 4.98 Å². The van der Waals surface area contributed by atoms with E-state index in [1.807, 2.05) is 18.2 Å². The lowest BCUT2D eigenvalue weighted by molar-refractivity contribution is 0.0994. The molecule has 0 saturated heterocycles. The molecular weight excluding hydrogens is 270 g/mol. The number of ketones is 1. The molecule has 0 atom stereocenters. The summed E-state index contributed by atoms with van der Waals surface area (Å²) in [6, 6.07) is 5.74. The molecule has 0 spiro atoms. The third-order valence-corrected chi connectivity index (χ3v) is 4.41. The van der Waals surface area contributed by atoms with Gasteiger partial charge in [-0.1, -0.05) is 6.92 Å². The van der Waals surface area contributed by atoms with Gasteiger partial charge in [-0.15, -0.1) is 11.3 Å². The Hall–Kier alpha value is -1.68. The molecule has 3 nitrogen and oxygen atoms in total. The fourth-order valence-corrected chi connectivity index (χ4v) is 3.31. The molecule has 4 heteroatoms. The minimum absolute atomic E-state index is 0.246. The van der Waals surface area contributed by atoms with Gasteiger partial charge in [-0.2, -0.15) is 0 Å². The van der Waals surface area contributed by atoms with Crippen molar-refractivity contribution in [2.75, 3.05) is 0 Å². The van der Waals surface area contributed by atoms with Gasteiger partial charge in [-0.25, -0.2) is 4.98 Å². The van der Waals surface area contributed by atoms with Crippen LogP contribution in [0.2, 0.25) is 0 Å². The van der Waals surface area contributed by atoms with E-state index >= 15 is 0 Å². The van der Waals surface area contributed by atoms with Gasteiger partial charge in [0, 0.05) is 17.4 Å². The van der Waals surface area contributed by atoms with Crippen LogP contribution >= 0.6 is 11.3 Å².